The number of hydrogen-bond acceptors (Lipinski definition) is 0. The lowest BCUT2D eigenvalue weighted by atomic mass is 9.94. The van der Waals surface area contributed by atoms with Gasteiger partial charge in [0, 0.05) is 4.47 Å². The van der Waals surface area contributed by atoms with Gasteiger partial charge in [0.2, 0.25) is 0 Å². The molecule has 0 nitrogen and oxygen atoms in total. The quantitative estimate of drug-likeness (QED) is 0.518. The van der Waals surface area contributed by atoms with E-state index in [4.69, 9.17) is 0 Å². The Kier molecular flexibility index (Phi) is 4.21. The van der Waals surface area contributed by atoms with Crippen LogP contribution in [0.1, 0.15) is 16.7 Å². The van der Waals surface area contributed by atoms with Crippen molar-refractivity contribution in [1.82, 2.24) is 0 Å². The van der Waals surface area contributed by atoms with E-state index in [1.165, 1.54) is 27.5 Å². The molecular formula is C20H17Br. The van der Waals surface area contributed by atoms with Gasteiger partial charge in [0.25, 0.3) is 0 Å². The molecule has 0 saturated heterocycles. The van der Waals surface area contributed by atoms with Crippen LogP contribution < -0.4 is 0 Å². The molecular weight excluding hydrogens is 320 g/mol. The highest BCUT2D eigenvalue weighted by molar-refractivity contribution is 9.10. The summed E-state index contributed by atoms with van der Waals surface area (Å²) in [6.45, 7) is 3.86. The second kappa shape index (κ2) is 6.28. The van der Waals surface area contributed by atoms with Crippen molar-refractivity contribution in [3.05, 3.63) is 94.5 Å². The summed E-state index contributed by atoms with van der Waals surface area (Å²) in [4.78, 5) is 0. The van der Waals surface area contributed by atoms with E-state index in [0.717, 1.165) is 17.3 Å². The summed E-state index contributed by atoms with van der Waals surface area (Å²) in [6.07, 6.45) is 3.84. The predicted molar refractivity (Wildman–Crippen MR) is 94.8 cm³/mol. The van der Waals surface area contributed by atoms with Crippen molar-refractivity contribution in [3.63, 3.8) is 0 Å². The van der Waals surface area contributed by atoms with Gasteiger partial charge in [-0.25, -0.2) is 0 Å². The van der Waals surface area contributed by atoms with Gasteiger partial charge in [-0.2, -0.15) is 0 Å². The molecule has 0 aliphatic rings. The van der Waals surface area contributed by atoms with E-state index < -0.39 is 0 Å². The van der Waals surface area contributed by atoms with E-state index >= 15 is 0 Å². The molecule has 0 bridgehead atoms. The zero-order valence-electron chi connectivity index (χ0n) is 11.9. The molecule has 3 aromatic rings. The van der Waals surface area contributed by atoms with Gasteiger partial charge in [0.1, 0.15) is 0 Å². The molecule has 104 valence electrons. The van der Waals surface area contributed by atoms with Crippen molar-refractivity contribution in [2.75, 3.05) is 0 Å². The van der Waals surface area contributed by atoms with E-state index in [2.05, 4.69) is 83.2 Å². The summed E-state index contributed by atoms with van der Waals surface area (Å²) in [7, 11) is 0. The number of allylic oxidation sites excluding steroid dienone is 1. The van der Waals surface area contributed by atoms with E-state index in [1.807, 2.05) is 6.08 Å². The van der Waals surface area contributed by atoms with E-state index in [1.54, 1.807) is 0 Å². The Balaban J connectivity index is 2.05. The number of benzene rings is 3. The third-order valence-electron chi connectivity index (χ3n) is 3.78. The van der Waals surface area contributed by atoms with Crippen LogP contribution in [0.25, 0.3) is 10.8 Å². The minimum atomic E-state index is 0.916. The molecule has 3 aromatic carbocycles. The van der Waals surface area contributed by atoms with Crippen LogP contribution in [0.15, 0.2) is 77.8 Å². The molecule has 0 aromatic heterocycles. The minimum Gasteiger partial charge on any atom is -0.103 e. The average Bonchev–Trinajstić information content (AvgIpc) is 2.52. The Morgan fingerprint density at radius 1 is 0.810 bits per heavy atom. The zero-order valence-corrected chi connectivity index (χ0v) is 13.4. The standard InChI is InChI=1S/C20H17Br/c1-2-5-16-10-11-17(20-7-4-3-6-19(16)20)14-15-8-12-18(21)13-9-15/h2-4,6-13H,1,5,14H2. The highest BCUT2D eigenvalue weighted by Crippen LogP contribution is 2.26. The van der Waals surface area contributed by atoms with Gasteiger partial charge in [0.15, 0.2) is 0 Å². The first-order valence-electron chi connectivity index (χ1n) is 7.13. The Hall–Kier alpha value is -1.86. The Morgan fingerprint density at radius 3 is 2.10 bits per heavy atom. The first kappa shape index (κ1) is 14.1. The van der Waals surface area contributed by atoms with Crippen molar-refractivity contribution in [1.29, 1.82) is 0 Å². The van der Waals surface area contributed by atoms with E-state index in [-0.39, 0.29) is 0 Å². The van der Waals surface area contributed by atoms with Gasteiger partial charge in [-0.1, -0.05) is 70.5 Å². The second-order valence-electron chi connectivity index (χ2n) is 5.23. The molecule has 0 aliphatic heterocycles. The molecule has 0 unspecified atom stereocenters. The third-order valence-corrected chi connectivity index (χ3v) is 4.31. The summed E-state index contributed by atoms with van der Waals surface area (Å²) in [5, 5.41) is 2.69. The van der Waals surface area contributed by atoms with Crippen LogP contribution in [0.3, 0.4) is 0 Å². The first-order chi connectivity index (χ1) is 10.3. The van der Waals surface area contributed by atoms with Crippen LogP contribution in [0.5, 0.6) is 0 Å². The van der Waals surface area contributed by atoms with Crippen LogP contribution in [0.4, 0.5) is 0 Å². The van der Waals surface area contributed by atoms with E-state index in [9.17, 15) is 0 Å². The fourth-order valence-corrected chi connectivity index (χ4v) is 3.00. The van der Waals surface area contributed by atoms with Crippen LogP contribution in [-0.2, 0) is 12.8 Å². The lowest BCUT2D eigenvalue weighted by Crippen LogP contribution is -1.93. The SMILES string of the molecule is C=CCc1ccc(Cc2ccc(Br)cc2)c2ccccc12. The van der Waals surface area contributed by atoms with Crippen LogP contribution in [0, 0.1) is 0 Å². The van der Waals surface area contributed by atoms with Crippen molar-refractivity contribution in [2.45, 2.75) is 12.8 Å². The molecule has 21 heavy (non-hydrogen) atoms. The molecule has 0 saturated carbocycles. The lowest BCUT2D eigenvalue weighted by Gasteiger charge is -2.11. The maximum atomic E-state index is 3.86. The molecule has 0 atom stereocenters. The largest absolute Gasteiger partial charge is 0.103 e. The Labute approximate surface area is 134 Å². The number of halogens is 1. The van der Waals surface area contributed by atoms with Crippen LogP contribution >= 0.6 is 15.9 Å². The van der Waals surface area contributed by atoms with Crippen LogP contribution in [-0.4, -0.2) is 0 Å². The van der Waals surface area contributed by atoms with Gasteiger partial charge < -0.3 is 0 Å². The normalized spacial score (nSPS) is 10.7. The fourth-order valence-electron chi connectivity index (χ4n) is 2.73. The zero-order chi connectivity index (χ0) is 14.7. The van der Waals surface area contributed by atoms with Crippen molar-refractivity contribution in [2.24, 2.45) is 0 Å². The summed E-state index contributed by atoms with van der Waals surface area (Å²) in [5.41, 5.74) is 4.06. The Bertz CT molecular complexity index is 769. The van der Waals surface area contributed by atoms with E-state index in [0.29, 0.717) is 0 Å². The maximum absolute atomic E-state index is 3.86. The van der Waals surface area contributed by atoms with Crippen molar-refractivity contribution < 1.29 is 0 Å². The van der Waals surface area contributed by atoms with Gasteiger partial charge in [-0.3, -0.25) is 0 Å². The molecule has 0 spiro atoms. The van der Waals surface area contributed by atoms with Gasteiger partial charge in [0.05, 0.1) is 0 Å². The van der Waals surface area contributed by atoms with Gasteiger partial charge >= 0.3 is 0 Å². The van der Waals surface area contributed by atoms with Gasteiger partial charge in [-0.05, 0) is 52.4 Å². The molecule has 0 amide bonds. The first-order valence-corrected chi connectivity index (χ1v) is 7.92. The smallest absolute Gasteiger partial charge is 0.0175 e. The highest BCUT2D eigenvalue weighted by atomic mass is 79.9. The molecule has 0 N–H and O–H groups in total. The number of hydrogen-bond donors (Lipinski definition) is 0. The molecule has 0 radical (unpaired) electrons. The van der Waals surface area contributed by atoms with Crippen molar-refractivity contribution >= 4 is 26.7 Å². The monoisotopic (exact) mass is 336 g/mol. The topological polar surface area (TPSA) is 0 Å². The van der Waals surface area contributed by atoms with Crippen LogP contribution in [0.2, 0.25) is 0 Å². The van der Waals surface area contributed by atoms with Gasteiger partial charge in [-0.15, -0.1) is 6.58 Å². The average molecular weight is 337 g/mol. The minimum absolute atomic E-state index is 0.916. The molecule has 1 heteroatoms. The maximum Gasteiger partial charge on any atom is 0.0175 e. The summed E-state index contributed by atoms with van der Waals surface area (Å²) < 4.78 is 1.12. The summed E-state index contributed by atoms with van der Waals surface area (Å²) in [5.74, 6) is 0. The molecule has 0 aliphatic carbocycles. The lowest BCUT2D eigenvalue weighted by molar-refractivity contribution is 1.20. The fraction of sp³-hybridized carbons (Fsp3) is 0.100. The third kappa shape index (κ3) is 3.08. The summed E-state index contributed by atoms with van der Waals surface area (Å²) >= 11 is 3.49. The molecule has 0 heterocycles. The molecule has 3 rings (SSSR count). The number of fused-ring (bicyclic) bond motifs is 1. The Morgan fingerprint density at radius 2 is 1.43 bits per heavy atom. The van der Waals surface area contributed by atoms with Crippen molar-refractivity contribution in [3.8, 4) is 0 Å². The summed E-state index contributed by atoms with van der Waals surface area (Å²) in [6, 6.07) is 21.7. The highest BCUT2D eigenvalue weighted by Gasteiger charge is 2.05. The molecule has 0 fully saturated rings. The predicted octanol–water partition coefficient (Wildman–Crippen LogP) is 5.92. The second-order valence-corrected chi connectivity index (χ2v) is 6.14. The number of rotatable bonds is 4.